The maximum absolute atomic E-state index is 5.51. The highest BCUT2D eigenvalue weighted by atomic mass is 16.6. The van der Waals surface area contributed by atoms with Gasteiger partial charge in [0.15, 0.2) is 0 Å². The van der Waals surface area contributed by atoms with E-state index >= 15 is 0 Å². The highest BCUT2D eigenvalue weighted by Gasteiger charge is 2.15. The number of nitrogens with zero attached hydrogens (tertiary/aromatic N) is 3. The molecule has 0 radical (unpaired) electrons. The van der Waals surface area contributed by atoms with Gasteiger partial charge < -0.3 is 14.0 Å². The zero-order valence-electron chi connectivity index (χ0n) is 16.4. The molecule has 0 aliphatic heterocycles. The predicted octanol–water partition coefficient (Wildman–Crippen LogP) is 5.31. The molecule has 2 aromatic heterocycles. The first-order valence-electron chi connectivity index (χ1n) is 9.55. The van der Waals surface area contributed by atoms with Crippen LogP contribution in [0.5, 0.6) is 5.75 Å². The number of rotatable bonds is 6. The summed E-state index contributed by atoms with van der Waals surface area (Å²) in [5.74, 6) is 1.32. The van der Waals surface area contributed by atoms with E-state index in [9.17, 15) is 0 Å². The summed E-state index contributed by atoms with van der Waals surface area (Å²) in [6.07, 6.45) is 5.09. The molecule has 30 heavy (non-hydrogen) atoms. The van der Waals surface area contributed by atoms with Gasteiger partial charge in [0.2, 0.25) is 0 Å². The minimum absolute atomic E-state index is 0.360. The van der Waals surface area contributed by atoms with Gasteiger partial charge >= 0.3 is 5.84 Å². The number of ether oxygens (including phenoxy) is 1. The van der Waals surface area contributed by atoms with Crippen LogP contribution in [0.25, 0.3) is 27.9 Å². The van der Waals surface area contributed by atoms with Gasteiger partial charge in [0.1, 0.15) is 24.3 Å². The van der Waals surface area contributed by atoms with Crippen LogP contribution in [0, 0.1) is 0 Å². The summed E-state index contributed by atoms with van der Waals surface area (Å²) in [7, 11) is 1.64. The summed E-state index contributed by atoms with van der Waals surface area (Å²) in [6.45, 7) is 0.360. The molecule has 3 aromatic carbocycles. The van der Waals surface area contributed by atoms with Crippen molar-refractivity contribution in [3.8, 4) is 17.0 Å². The summed E-state index contributed by atoms with van der Waals surface area (Å²) in [5, 5.41) is 6.50. The third kappa shape index (κ3) is 3.39. The largest absolute Gasteiger partial charge is 0.497 e. The van der Waals surface area contributed by atoms with Crippen LogP contribution in [0.3, 0.4) is 0 Å². The molecule has 0 aliphatic rings. The van der Waals surface area contributed by atoms with Crippen LogP contribution in [0.1, 0.15) is 11.3 Å². The molecule has 5 rings (SSSR count). The Labute approximate surface area is 173 Å². The van der Waals surface area contributed by atoms with Gasteiger partial charge in [-0.25, -0.2) is 0 Å². The predicted molar refractivity (Wildman–Crippen MR) is 116 cm³/mol. The van der Waals surface area contributed by atoms with E-state index in [4.69, 9.17) is 14.0 Å². The Kier molecular flexibility index (Phi) is 4.65. The van der Waals surface area contributed by atoms with Gasteiger partial charge in [-0.1, -0.05) is 53.7 Å². The quantitative estimate of drug-likeness (QED) is 0.288. The van der Waals surface area contributed by atoms with E-state index in [1.165, 1.54) is 5.39 Å². The lowest BCUT2D eigenvalue weighted by atomic mass is 10.0. The maximum atomic E-state index is 5.51. The van der Waals surface area contributed by atoms with Crippen LogP contribution < -0.4 is 4.74 Å². The summed E-state index contributed by atoms with van der Waals surface area (Å²) in [5.41, 5.74) is 3.58. The van der Waals surface area contributed by atoms with E-state index in [1.807, 2.05) is 47.0 Å². The van der Waals surface area contributed by atoms with Gasteiger partial charge in [0, 0.05) is 11.8 Å². The van der Waals surface area contributed by atoms with Crippen molar-refractivity contribution in [2.24, 2.45) is 5.16 Å². The average Bonchev–Trinajstić information content (AvgIpc) is 3.39. The van der Waals surface area contributed by atoms with Gasteiger partial charge in [-0.2, -0.15) is 4.98 Å². The smallest absolute Gasteiger partial charge is 0.306 e. The zero-order chi connectivity index (χ0) is 20.3. The Balaban J connectivity index is 1.42. The Morgan fingerprint density at radius 3 is 2.70 bits per heavy atom. The molecule has 0 saturated heterocycles. The molecule has 148 valence electrons. The third-order valence-corrected chi connectivity index (χ3v) is 4.96. The fourth-order valence-electron chi connectivity index (χ4n) is 3.40. The van der Waals surface area contributed by atoms with Crippen LogP contribution in [0.4, 0.5) is 0 Å². The van der Waals surface area contributed by atoms with Crippen molar-refractivity contribution in [2.45, 2.75) is 6.61 Å². The molecule has 0 saturated carbocycles. The molecule has 0 fully saturated rings. The Morgan fingerprint density at radius 1 is 1.03 bits per heavy atom. The van der Waals surface area contributed by atoms with E-state index in [2.05, 4.69) is 40.5 Å². The maximum Gasteiger partial charge on any atom is 0.306 e. The highest BCUT2D eigenvalue weighted by molar-refractivity contribution is 5.92. The van der Waals surface area contributed by atoms with Crippen molar-refractivity contribution >= 4 is 22.8 Å². The Bertz CT molecular complexity index is 1330. The SMILES string of the molecule is COc1ccc(CON=Cc2c(-c3ccc4ccccc4c3)nc3occn23)cc1. The molecule has 0 atom stereocenters. The van der Waals surface area contributed by atoms with Crippen molar-refractivity contribution in [3.63, 3.8) is 0 Å². The van der Waals surface area contributed by atoms with Crippen LogP contribution in [-0.4, -0.2) is 22.7 Å². The number of imidazole rings is 1. The Morgan fingerprint density at radius 2 is 1.87 bits per heavy atom. The number of benzene rings is 3. The lowest BCUT2D eigenvalue weighted by molar-refractivity contribution is 0.132. The van der Waals surface area contributed by atoms with E-state index in [1.54, 1.807) is 19.6 Å². The van der Waals surface area contributed by atoms with Crippen molar-refractivity contribution in [3.05, 3.63) is 90.4 Å². The van der Waals surface area contributed by atoms with Gasteiger partial charge in [-0.3, -0.25) is 4.40 Å². The lowest BCUT2D eigenvalue weighted by Gasteiger charge is -2.04. The summed E-state index contributed by atoms with van der Waals surface area (Å²) < 4.78 is 12.5. The minimum atomic E-state index is 0.360. The number of hydrogen-bond acceptors (Lipinski definition) is 5. The molecular formula is C24H19N3O3. The number of hydrogen-bond donors (Lipinski definition) is 0. The molecule has 6 nitrogen and oxygen atoms in total. The standard InChI is InChI=1S/C24H19N3O3/c1-28-21-10-6-17(7-11-21)16-30-25-15-22-23(26-24-27(22)12-13-29-24)20-9-8-18-4-2-3-5-19(18)14-20/h2-15H,16H2,1H3. The fraction of sp³-hybridized carbons (Fsp3) is 0.0833. The molecule has 0 aliphatic carbocycles. The molecular weight excluding hydrogens is 378 g/mol. The zero-order valence-corrected chi connectivity index (χ0v) is 16.4. The first-order chi connectivity index (χ1) is 14.8. The van der Waals surface area contributed by atoms with E-state index in [0.29, 0.717) is 12.5 Å². The molecule has 6 heteroatoms. The van der Waals surface area contributed by atoms with E-state index in [0.717, 1.165) is 33.7 Å². The molecule has 0 amide bonds. The molecule has 0 bridgehead atoms. The van der Waals surface area contributed by atoms with Crippen LogP contribution in [-0.2, 0) is 11.4 Å². The average molecular weight is 397 g/mol. The monoisotopic (exact) mass is 397 g/mol. The van der Waals surface area contributed by atoms with Crippen molar-refractivity contribution in [1.82, 2.24) is 9.38 Å². The number of aromatic nitrogens is 2. The molecule has 0 N–H and O–H groups in total. The van der Waals surface area contributed by atoms with Gasteiger partial charge in [-0.15, -0.1) is 0 Å². The van der Waals surface area contributed by atoms with Crippen molar-refractivity contribution in [1.29, 1.82) is 0 Å². The van der Waals surface area contributed by atoms with Crippen LogP contribution >= 0.6 is 0 Å². The van der Waals surface area contributed by atoms with Crippen LogP contribution in [0.15, 0.2) is 88.8 Å². The molecule has 2 heterocycles. The normalized spacial score (nSPS) is 11.5. The highest BCUT2D eigenvalue weighted by Crippen LogP contribution is 2.27. The minimum Gasteiger partial charge on any atom is -0.497 e. The van der Waals surface area contributed by atoms with Gasteiger partial charge in [-0.05, 0) is 34.5 Å². The van der Waals surface area contributed by atoms with Gasteiger partial charge in [0.25, 0.3) is 0 Å². The van der Waals surface area contributed by atoms with Crippen LogP contribution in [0.2, 0.25) is 0 Å². The Hall–Kier alpha value is -4.06. The summed E-state index contributed by atoms with van der Waals surface area (Å²) in [6, 6.07) is 22.2. The molecule has 0 unspecified atom stereocenters. The van der Waals surface area contributed by atoms with Gasteiger partial charge in [0.05, 0.1) is 19.0 Å². The summed E-state index contributed by atoms with van der Waals surface area (Å²) >= 11 is 0. The lowest BCUT2D eigenvalue weighted by Crippen LogP contribution is -1.94. The van der Waals surface area contributed by atoms with E-state index in [-0.39, 0.29) is 0 Å². The third-order valence-electron chi connectivity index (χ3n) is 4.96. The molecule has 5 aromatic rings. The van der Waals surface area contributed by atoms with Crippen molar-refractivity contribution < 1.29 is 14.0 Å². The van der Waals surface area contributed by atoms with E-state index < -0.39 is 0 Å². The summed E-state index contributed by atoms with van der Waals surface area (Å²) in [4.78, 5) is 10.2. The molecule has 0 spiro atoms. The fourth-order valence-corrected chi connectivity index (χ4v) is 3.40. The second kappa shape index (κ2) is 7.75. The van der Waals surface area contributed by atoms with Crippen molar-refractivity contribution in [2.75, 3.05) is 7.11 Å². The second-order valence-electron chi connectivity index (χ2n) is 6.82. The topological polar surface area (TPSA) is 61.3 Å². The number of methoxy groups -OCH3 is 1. The number of fused-ring (bicyclic) bond motifs is 2. The first kappa shape index (κ1) is 18.0. The second-order valence-corrected chi connectivity index (χ2v) is 6.82. The first-order valence-corrected chi connectivity index (χ1v) is 9.55. The number of oxime groups is 1. The number of oxazole rings is 1.